The topological polar surface area (TPSA) is 107 Å². The lowest BCUT2D eigenvalue weighted by Gasteiger charge is -2.31. The molecule has 4 aromatic rings. The number of methoxy groups -OCH3 is 2. The van der Waals surface area contributed by atoms with Crippen molar-refractivity contribution in [2.75, 3.05) is 24.4 Å². The Morgan fingerprint density at radius 3 is 2.33 bits per heavy atom. The monoisotopic (exact) mass is 615 g/mol. The Balaban J connectivity index is 1.44. The number of nitrogens with zero attached hydrogens (tertiary/aromatic N) is 2. The van der Waals surface area contributed by atoms with Gasteiger partial charge < -0.3 is 14.8 Å². The third-order valence-corrected chi connectivity index (χ3v) is 10.3. The summed E-state index contributed by atoms with van der Waals surface area (Å²) in [6, 6.07) is 20.0. The molecule has 3 aromatic carbocycles. The third kappa shape index (κ3) is 5.12. The predicted octanol–water partition coefficient (Wildman–Crippen LogP) is 4.98. The van der Waals surface area contributed by atoms with Crippen molar-refractivity contribution in [2.45, 2.75) is 36.6 Å². The molecule has 0 bridgehead atoms. The zero-order valence-electron chi connectivity index (χ0n) is 24.0. The van der Waals surface area contributed by atoms with Crippen LogP contribution in [0.1, 0.15) is 27.5 Å². The zero-order chi connectivity index (χ0) is 30.4. The summed E-state index contributed by atoms with van der Waals surface area (Å²) in [5.41, 5.74) is 3.83. The molecule has 3 amide bonds. The number of hydrogen-bond acceptors (Lipinski definition) is 8. The predicted molar refractivity (Wildman–Crippen MR) is 167 cm³/mol. The second kappa shape index (κ2) is 11.4. The number of fused-ring (bicyclic) bond motifs is 2. The highest BCUT2D eigenvalue weighted by Gasteiger charge is 2.57. The number of ether oxygens (including phenoxy) is 2. The molecular formula is C32H29N3O6S2. The summed E-state index contributed by atoms with van der Waals surface area (Å²) in [6.45, 7) is 3.63. The quantitative estimate of drug-likeness (QED) is 0.293. The van der Waals surface area contributed by atoms with E-state index < -0.39 is 17.1 Å². The first-order valence-electron chi connectivity index (χ1n) is 13.6. The van der Waals surface area contributed by atoms with Gasteiger partial charge in [-0.1, -0.05) is 59.0 Å². The Kier molecular flexibility index (Phi) is 7.61. The highest BCUT2D eigenvalue weighted by Crippen LogP contribution is 2.54. The van der Waals surface area contributed by atoms with Crippen LogP contribution in [-0.2, 0) is 20.9 Å². The summed E-state index contributed by atoms with van der Waals surface area (Å²) in [4.78, 5) is 56.1. The number of benzene rings is 3. The molecule has 1 N–H and O–H groups in total. The Morgan fingerprint density at radius 2 is 1.63 bits per heavy atom. The molecule has 6 rings (SSSR count). The molecule has 1 saturated heterocycles. The molecule has 3 atom stereocenters. The first kappa shape index (κ1) is 28.8. The SMILES string of the molecule is COc1ccc(C2c3sc(=O)n(CC(=O)Nc4cccc(C)c4)c3SC3C(=O)N(c4ccc(C)cc4)C(=O)C32)cc1OC. The number of rotatable bonds is 7. The van der Waals surface area contributed by atoms with E-state index in [1.165, 1.54) is 35.4 Å². The molecule has 1 aromatic heterocycles. The van der Waals surface area contributed by atoms with E-state index in [-0.39, 0.29) is 29.1 Å². The van der Waals surface area contributed by atoms with Crippen LogP contribution in [0.5, 0.6) is 11.5 Å². The Bertz CT molecular complexity index is 1810. The van der Waals surface area contributed by atoms with Crippen LogP contribution in [0.25, 0.3) is 0 Å². The van der Waals surface area contributed by atoms with E-state index in [1.54, 1.807) is 30.3 Å². The van der Waals surface area contributed by atoms with Gasteiger partial charge in [-0.05, 0) is 61.4 Å². The standard InChI is InChI=1S/C32H29N3O6S2/c1-17-8-11-21(12-9-17)35-29(37)26-25(19-10-13-22(40-3)23(15-19)41-4)28-31(42-27(26)30(35)38)34(32(39)43-28)16-24(36)33-20-7-5-6-18(2)14-20/h5-15,25-27H,16H2,1-4H3,(H,33,36). The van der Waals surface area contributed by atoms with Gasteiger partial charge in [0.2, 0.25) is 17.7 Å². The summed E-state index contributed by atoms with van der Waals surface area (Å²) in [7, 11) is 3.06. The average Bonchev–Trinajstić information content (AvgIpc) is 3.43. The number of thiazole rings is 1. The van der Waals surface area contributed by atoms with E-state index in [9.17, 15) is 19.2 Å². The lowest BCUT2D eigenvalue weighted by Crippen LogP contribution is -2.33. The summed E-state index contributed by atoms with van der Waals surface area (Å²) in [5.74, 6) is -1.46. The lowest BCUT2D eigenvalue weighted by molar-refractivity contribution is -0.122. The third-order valence-electron chi connectivity index (χ3n) is 7.71. The van der Waals surface area contributed by atoms with Crippen molar-refractivity contribution in [3.63, 3.8) is 0 Å². The van der Waals surface area contributed by atoms with Gasteiger partial charge in [0.05, 0.1) is 30.9 Å². The van der Waals surface area contributed by atoms with Crippen molar-refractivity contribution >= 4 is 52.2 Å². The first-order valence-corrected chi connectivity index (χ1v) is 15.3. The number of aromatic nitrogens is 1. The number of amides is 3. The summed E-state index contributed by atoms with van der Waals surface area (Å²) in [5, 5.41) is 2.58. The second-order valence-electron chi connectivity index (χ2n) is 10.5. The van der Waals surface area contributed by atoms with Gasteiger partial charge in [-0.15, -0.1) is 0 Å². The van der Waals surface area contributed by atoms with Crippen LogP contribution < -0.4 is 24.6 Å². The number of thioether (sulfide) groups is 1. The molecule has 1 fully saturated rings. The van der Waals surface area contributed by atoms with Crippen molar-refractivity contribution in [2.24, 2.45) is 5.92 Å². The van der Waals surface area contributed by atoms with Crippen LogP contribution in [0.3, 0.4) is 0 Å². The fourth-order valence-corrected chi connectivity index (χ4v) is 8.45. The number of imide groups is 1. The molecular weight excluding hydrogens is 587 g/mol. The molecule has 11 heteroatoms. The van der Waals surface area contributed by atoms with Crippen molar-refractivity contribution < 1.29 is 23.9 Å². The van der Waals surface area contributed by atoms with Crippen LogP contribution in [0.2, 0.25) is 0 Å². The minimum absolute atomic E-state index is 0.231. The van der Waals surface area contributed by atoms with Gasteiger partial charge in [0.25, 0.3) is 0 Å². The van der Waals surface area contributed by atoms with Gasteiger partial charge in [0, 0.05) is 16.5 Å². The van der Waals surface area contributed by atoms with Crippen molar-refractivity contribution in [1.82, 2.24) is 4.57 Å². The molecule has 2 aliphatic rings. The van der Waals surface area contributed by atoms with Crippen LogP contribution >= 0.6 is 23.1 Å². The number of anilines is 2. The molecule has 9 nitrogen and oxygen atoms in total. The summed E-state index contributed by atoms with van der Waals surface area (Å²) >= 11 is 2.18. The van der Waals surface area contributed by atoms with Crippen LogP contribution in [-0.4, -0.2) is 41.8 Å². The fraction of sp³-hybridized carbons (Fsp3) is 0.250. The maximum atomic E-state index is 14.1. The highest BCUT2D eigenvalue weighted by molar-refractivity contribution is 8.00. The summed E-state index contributed by atoms with van der Waals surface area (Å²) < 4.78 is 12.4. The molecule has 3 heterocycles. The maximum Gasteiger partial charge on any atom is 0.308 e. The van der Waals surface area contributed by atoms with Gasteiger partial charge in [-0.25, -0.2) is 4.90 Å². The molecule has 0 aliphatic carbocycles. The second-order valence-corrected chi connectivity index (χ2v) is 12.7. The van der Waals surface area contributed by atoms with E-state index >= 15 is 0 Å². The molecule has 43 heavy (non-hydrogen) atoms. The van der Waals surface area contributed by atoms with E-state index in [1.807, 2.05) is 50.2 Å². The van der Waals surface area contributed by atoms with Gasteiger partial charge in [0.1, 0.15) is 11.8 Å². The number of hydrogen-bond donors (Lipinski definition) is 1. The Labute approximate surface area is 256 Å². The van der Waals surface area contributed by atoms with E-state index in [2.05, 4.69) is 5.32 Å². The number of aryl methyl sites for hydroxylation is 2. The van der Waals surface area contributed by atoms with E-state index in [4.69, 9.17) is 9.47 Å². The molecule has 0 radical (unpaired) electrons. The van der Waals surface area contributed by atoms with Crippen molar-refractivity contribution in [3.8, 4) is 11.5 Å². The van der Waals surface area contributed by atoms with Crippen LogP contribution in [0.4, 0.5) is 11.4 Å². The first-order chi connectivity index (χ1) is 20.7. The normalized spacial score (nSPS) is 19.2. The van der Waals surface area contributed by atoms with Gasteiger partial charge >= 0.3 is 4.87 Å². The average molecular weight is 616 g/mol. The van der Waals surface area contributed by atoms with Gasteiger partial charge in [-0.3, -0.25) is 23.7 Å². The van der Waals surface area contributed by atoms with Crippen molar-refractivity contribution in [3.05, 3.63) is 98.0 Å². The molecule has 2 aliphatic heterocycles. The summed E-state index contributed by atoms with van der Waals surface area (Å²) in [6.07, 6.45) is 0. The highest BCUT2D eigenvalue weighted by atomic mass is 32.2. The van der Waals surface area contributed by atoms with E-state index in [0.29, 0.717) is 38.3 Å². The smallest absolute Gasteiger partial charge is 0.308 e. The molecule has 220 valence electrons. The number of carbonyl (C=O) groups is 3. The fourth-order valence-electron chi connectivity index (χ4n) is 5.68. The van der Waals surface area contributed by atoms with Crippen LogP contribution in [0, 0.1) is 19.8 Å². The van der Waals surface area contributed by atoms with Gasteiger partial charge in [-0.2, -0.15) is 0 Å². The van der Waals surface area contributed by atoms with Crippen LogP contribution in [0.15, 0.2) is 76.6 Å². The largest absolute Gasteiger partial charge is 0.493 e. The Hall–Kier alpha value is -4.35. The number of carbonyl (C=O) groups excluding carboxylic acids is 3. The van der Waals surface area contributed by atoms with E-state index in [0.717, 1.165) is 22.5 Å². The maximum absolute atomic E-state index is 14.1. The van der Waals surface area contributed by atoms with Crippen molar-refractivity contribution in [1.29, 1.82) is 0 Å². The molecule has 0 spiro atoms. The molecule has 0 saturated carbocycles. The minimum Gasteiger partial charge on any atom is -0.493 e. The van der Waals surface area contributed by atoms with Gasteiger partial charge in [0.15, 0.2) is 11.5 Å². The Morgan fingerprint density at radius 1 is 0.884 bits per heavy atom. The zero-order valence-corrected chi connectivity index (χ0v) is 25.6. The minimum atomic E-state index is -0.792. The number of nitrogens with one attached hydrogen (secondary N) is 1. The lowest BCUT2D eigenvalue weighted by atomic mass is 9.83. The molecule has 3 unspecified atom stereocenters.